The van der Waals surface area contributed by atoms with Gasteiger partial charge in [-0.1, -0.05) is 0 Å². The van der Waals surface area contributed by atoms with E-state index in [1.165, 1.54) is 6.20 Å². The third-order valence-corrected chi connectivity index (χ3v) is 11.5. The van der Waals surface area contributed by atoms with Crippen LogP contribution in [0.3, 0.4) is 0 Å². The molecule has 4 heterocycles. The van der Waals surface area contributed by atoms with Crippen LogP contribution >= 0.6 is 11.8 Å². The molecule has 2 aliphatic heterocycles. The average molecular weight is 639 g/mol. The molecule has 0 aromatic carbocycles. The highest BCUT2D eigenvalue weighted by Crippen LogP contribution is 2.46. The minimum atomic E-state index is -3.79. The molecule has 2 aromatic heterocycles. The predicted molar refractivity (Wildman–Crippen MR) is 163 cm³/mol. The van der Waals surface area contributed by atoms with E-state index in [1.54, 1.807) is 10.5 Å². The van der Waals surface area contributed by atoms with Gasteiger partial charge in [0.05, 0.1) is 41.7 Å². The summed E-state index contributed by atoms with van der Waals surface area (Å²) < 4.78 is 67.6. The summed E-state index contributed by atoms with van der Waals surface area (Å²) in [6.45, 7) is 8.50. The van der Waals surface area contributed by atoms with Crippen LogP contribution in [0.2, 0.25) is 0 Å². The zero-order valence-electron chi connectivity index (χ0n) is 24.8. The highest BCUT2D eigenvalue weighted by molar-refractivity contribution is 8.26. The van der Waals surface area contributed by atoms with Crippen molar-refractivity contribution in [3.63, 3.8) is 0 Å². The van der Waals surface area contributed by atoms with E-state index in [0.717, 1.165) is 38.5 Å². The second kappa shape index (κ2) is 11.3. The summed E-state index contributed by atoms with van der Waals surface area (Å²) in [5.41, 5.74) is 1.73. The monoisotopic (exact) mass is 638 g/mol. The maximum absolute atomic E-state index is 13.7. The number of fused-ring (bicyclic) bond motifs is 1. The molecule has 236 valence electrons. The third kappa shape index (κ3) is 6.22. The molecule has 3 N–H and O–H groups in total. The maximum Gasteiger partial charge on any atom is 0.285 e. The van der Waals surface area contributed by atoms with E-state index in [0.29, 0.717) is 55.1 Å². The number of sulfone groups is 1. The lowest BCUT2D eigenvalue weighted by molar-refractivity contribution is -0.0533. The van der Waals surface area contributed by atoms with E-state index in [2.05, 4.69) is 10.2 Å². The normalized spacial score (nSPS) is 23.1. The van der Waals surface area contributed by atoms with Crippen LogP contribution in [0.4, 0.5) is 14.5 Å². The highest BCUT2D eigenvalue weighted by atomic mass is 32.2. The number of ether oxygens (including phenoxy) is 2. The fraction of sp³-hybridized carbons (Fsp3) is 0.690. The molecule has 6 rings (SSSR count). The number of halogens is 2. The molecule has 2 saturated carbocycles. The summed E-state index contributed by atoms with van der Waals surface area (Å²) in [4.78, 5) is 7.16. The van der Waals surface area contributed by atoms with Gasteiger partial charge in [-0.3, -0.25) is 20.5 Å². The molecular weight excluding hydrogens is 598 g/mol. The molecule has 43 heavy (non-hydrogen) atoms. The third-order valence-electron chi connectivity index (χ3n) is 9.22. The molecule has 0 bridgehead atoms. The van der Waals surface area contributed by atoms with Crippen LogP contribution in [0.1, 0.15) is 76.6 Å². The van der Waals surface area contributed by atoms with Crippen LogP contribution in [-0.2, 0) is 19.3 Å². The van der Waals surface area contributed by atoms with E-state index in [-0.39, 0.29) is 50.6 Å². The number of aromatic nitrogens is 2. The summed E-state index contributed by atoms with van der Waals surface area (Å²) in [6.07, 6.45) is 3.69. The van der Waals surface area contributed by atoms with Crippen molar-refractivity contribution in [1.82, 2.24) is 14.7 Å². The Morgan fingerprint density at radius 1 is 1.23 bits per heavy atom. The molecule has 1 atom stereocenters. The summed E-state index contributed by atoms with van der Waals surface area (Å²) in [6, 6.07) is 1.68. The van der Waals surface area contributed by atoms with Gasteiger partial charge in [0, 0.05) is 36.2 Å². The lowest BCUT2D eigenvalue weighted by Gasteiger charge is -2.43. The number of nitrogens with one attached hydrogen (secondary N) is 3. The van der Waals surface area contributed by atoms with Crippen molar-refractivity contribution in [3.05, 3.63) is 23.7 Å². The van der Waals surface area contributed by atoms with Gasteiger partial charge in [-0.15, -0.1) is 0 Å². The first-order chi connectivity index (χ1) is 20.3. The molecule has 4 aliphatic rings. The number of pyridine rings is 1. The number of thioether (sulfide) groups is 1. The van der Waals surface area contributed by atoms with Gasteiger partial charge in [-0.05, 0) is 77.1 Å². The smallest absolute Gasteiger partial charge is 0.285 e. The number of hydrogen-bond donors (Lipinski definition) is 3. The maximum atomic E-state index is 13.7. The Bertz CT molecular complexity index is 1530. The Kier molecular flexibility index (Phi) is 8.15. The van der Waals surface area contributed by atoms with Crippen molar-refractivity contribution in [3.8, 4) is 0 Å². The largest absolute Gasteiger partial charge is 0.378 e. The molecular formula is C29H40F2N6O4S2. The fourth-order valence-electron chi connectivity index (χ4n) is 6.12. The van der Waals surface area contributed by atoms with E-state index in [4.69, 9.17) is 25.3 Å². The molecule has 0 amide bonds. The van der Waals surface area contributed by atoms with Gasteiger partial charge in [0.2, 0.25) is 0 Å². The van der Waals surface area contributed by atoms with Crippen LogP contribution < -0.4 is 10.2 Å². The Morgan fingerprint density at radius 2 is 1.93 bits per heavy atom. The van der Waals surface area contributed by atoms with Gasteiger partial charge in [0.1, 0.15) is 21.7 Å². The number of piperidine rings is 1. The van der Waals surface area contributed by atoms with Crippen LogP contribution in [0, 0.1) is 16.2 Å². The zero-order chi connectivity index (χ0) is 30.7. The van der Waals surface area contributed by atoms with Crippen molar-refractivity contribution in [2.24, 2.45) is 5.41 Å². The van der Waals surface area contributed by atoms with Crippen molar-refractivity contribution >= 4 is 43.0 Å². The molecule has 1 unspecified atom stereocenters. The summed E-state index contributed by atoms with van der Waals surface area (Å²) in [5.74, 6) is -0.166. The molecule has 0 radical (unpaired) electrons. The topological polar surface area (TPSA) is 133 Å². The van der Waals surface area contributed by atoms with Crippen molar-refractivity contribution < 1.29 is 26.7 Å². The van der Waals surface area contributed by atoms with Crippen LogP contribution in [0.5, 0.6) is 0 Å². The minimum Gasteiger partial charge on any atom is -0.378 e. The average Bonchev–Trinajstić information content (AvgIpc) is 3.87. The summed E-state index contributed by atoms with van der Waals surface area (Å²) in [5, 5.41) is 18.4. The van der Waals surface area contributed by atoms with Gasteiger partial charge >= 0.3 is 0 Å². The van der Waals surface area contributed by atoms with Crippen molar-refractivity contribution in [2.75, 3.05) is 37.1 Å². The van der Waals surface area contributed by atoms with E-state index < -0.39 is 21.3 Å². The molecule has 2 aliphatic carbocycles. The second-order valence-corrected chi connectivity index (χ2v) is 16.0. The Hall–Kier alpha value is -2.13. The standard InChI is InChI=1S/C29H40F2N6O4S2/c1-17(2)41-21-14-40-15-29(21)8-10-36(11-9-29)20-12-19(43(38,39)16-34-28(3)6-7-28)13-37-23(25(32)42-26(33)24(30)31)22(18-4-5-18)35-27(20)37/h12-13,17-18,21,24,32-34H,4-11,14-16H2,1-3H3. The number of anilines is 1. The van der Waals surface area contributed by atoms with Crippen molar-refractivity contribution in [1.29, 1.82) is 10.8 Å². The SMILES string of the molecule is CC(C)OC1COCC12CCN(c1cc(S(=O)(=O)CNC3(C)CC3)cn3c(C(=N)SC(=N)C(F)F)c(C4CC4)nc13)CC2. The number of nitrogens with zero attached hydrogens (tertiary/aromatic N) is 3. The Balaban J connectivity index is 1.40. The van der Waals surface area contributed by atoms with E-state index in [9.17, 15) is 17.2 Å². The summed E-state index contributed by atoms with van der Waals surface area (Å²) in [7, 11) is -3.79. The molecule has 2 saturated heterocycles. The van der Waals surface area contributed by atoms with Gasteiger partial charge < -0.3 is 14.4 Å². The van der Waals surface area contributed by atoms with Gasteiger partial charge in [0.15, 0.2) is 15.5 Å². The molecule has 14 heteroatoms. The number of hydrogen-bond acceptors (Lipinski definition) is 10. The predicted octanol–water partition coefficient (Wildman–Crippen LogP) is 4.80. The quantitative estimate of drug-likeness (QED) is 0.250. The fourth-order valence-corrected chi connectivity index (χ4v) is 7.99. The molecule has 10 nitrogen and oxygen atoms in total. The Morgan fingerprint density at radius 3 is 2.53 bits per heavy atom. The van der Waals surface area contributed by atoms with Crippen LogP contribution in [-0.4, -0.2) is 84.2 Å². The Labute approximate surface area is 255 Å². The lowest BCUT2D eigenvalue weighted by Crippen LogP contribution is -2.47. The van der Waals surface area contributed by atoms with Crippen LogP contribution in [0.15, 0.2) is 17.2 Å². The number of alkyl halides is 2. The van der Waals surface area contributed by atoms with E-state index in [1.807, 2.05) is 20.8 Å². The van der Waals surface area contributed by atoms with Crippen LogP contribution in [0.25, 0.3) is 5.65 Å². The number of rotatable bonds is 10. The molecule has 4 fully saturated rings. The lowest BCUT2D eigenvalue weighted by atomic mass is 9.75. The summed E-state index contributed by atoms with van der Waals surface area (Å²) >= 11 is 0.386. The van der Waals surface area contributed by atoms with Crippen molar-refractivity contribution in [2.45, 2.75) is 94.3 Å². The highest BCUT2D eigenvalue weighted by Gasteiger charge is 2.47. The van der Waals surface area contributed by atoms with E-state index >= 15 is 0 Å². The van der Waals surface area contributed by atoms with Gasteiger partial charge in [0.25, 0.3) is 6.43 Å². The van der Waals surface area contributed by atoms with Gasteiger partial charge in [-0.2, -0.15) is 0 Å². The first kappa shape index (κ1) is 30.9. The number of imidazole rings is 1. The van der Waals surface area contributed by atoms with Gasteiger partial charge in [-0.25, -0.2) is 22.2 Å². The zero-order valence-corrected chi connectivity index (χ0v) is 26.4. The second-order valence-electron chi connectivity index (χ2n) is 13.0. The minimum absolute atomic E-state index is 0.00149. The first-order valence-electron chi connectivity index (χ1n) is 15.0. The first-order valence-corrected chi connectivity index (χ1v) is 17.4. The molecule has 2 aromatic rings. The molecule has 1 spiro atoms.